The van der Waals surface area contributed by atoms with E-state index in [9.17, 15) is 9.59 Å². The van der Waals surface area contributed by atoms with Crippen LogP contribution in [-0.4, -0.2) is 24.5 Å². The second kappa shape index (κ2) is 6.84. The maximum atomic E-state index is 12.4. The van der Waals surface area contributed by atoms with Crippen molar-refractivity contribution in [2.24, 2.45) is 0 Å². The zero-order valence-electron chi connectivity index (χ0n) is 14.2. The summed E-state index contributed by atoms with van der Waals surface area (Å²) in [6.45, 7) is 5.44. The molecule has 1 aromatic heterocycles. The number of aryl methyl sites for hydroxylation is 1. The zero-order chi connectivity index (χ0) is 18.0. The number of rotatable bonds is 5. The highest BCUT2D eigenvalue weighted by Crippen LogP contribution is 2.35. The Morgan fingerprint density at radius 1 is 1.28 bits per heavy atom. The number of ketones is 1. The van der Waals surface area contributed by atoms with Crippen molar-refractivity contribution < 1.29 is 28.2 Å². The third kappa shape index (κ3) is 3.57. The average molecular weight is 342 g/mol. The first-order valence-corrected chi connectivity index (χ1v) is 7.96. The van der Waals surface area contributed by atoms with Gasteiger partial charge in [0.05, 0.1) is 12.2 Å². The van der Waals surface area contributed by atoms with Crippen molar-refractivity contribution in [2.45, 2.75) is 26.9 Å². The van der Waals surface area contributed by atoms with Gasteiger partial charge in [0.15, 0.2) is 11.9 Å². The highest BCUT2D eigenvalue weighted by Gasteiger charge is 2.28. The molecule has 6 heteroatoms. The zero-order valence-corrected chi connectivity index (χ0v) is 14.2. The maximum Gasteiger partial charge on any atom is 0.347 e. The standard InChI is InChI=1S/C19H18O6/c1-4-22-19(21)12(3)24-14-7-8-15-16(9-14)25-17(18(15)20)10-13-6-5-11(2)23-13/h5-10,12H,4H2,1-3H3/b17-10+/t12-/m0/s1. The summed E-state index contributed by atoms with van der Waals surface area (Å²) in [7, 11) is 0. The van der Waals surface area contributed by atoms with Crippen LogP contribution >= 0.6 is 0 Å². The summed E-state index contributed by atoms with van der Waals surface area (Å²) >= 11 is 0. The van der Waals surface area contributed by atoms with Crippen molar-refractivity contribution in [2.75, 3.05) is 6.61 Å². The molecule has 0 radical (unpaired) electrons. The number of hydrogen-bond acceptors (Lipinski definition) is 6. The van der Waals surface area contributed by atoms with E-state index in [0.29, 0.717) is 22.8 Å². The van der Waals surface area contributed by atoms with E-state index < -0.39 is 12.1 Å². The second-order valence-corrected chi connectivity index (χ2v) is 5.56. The third-order valence-corrected chi connectivity index (χ3v) is 3.61. The Hall–Kier alpha value is -3.02. The molecule has 0 bridgehead atoms. The summed E-state index contributed by atoms with van der Waals surface area (Å²) in [4.78, 5) is 24.0. The molecule has 1 aromatic carbocycles. The minimum Gasteiger partial charge on any atom is -0.479 e. The van der Waals surface area contributed by atoms with Gasteiger partial charge in [0, 0.05) is 12.1 Å². The summed E-state index contributed by atoms with van der Waals surface area (Å²) in [5, 5.41) is 0. The van der Waals surface area contributed by atoms with Gasteiger partial charge in [0.2, 0.25) is 5.78 Å². The van der Waals surface area contributed by atoms with E-state index >= 15 is 0 Å². The molecular weight excluding hydrogens is 324 g/mol. The SMILES string of the molecule is CCOC(=O)[C@H](C)Oc1ccc2c(c1)O/C(=C/c1ccc(C)o1)C2=O. The number of fused-ring (bicyclic) bond motifs is 1. The van der Waals surface area contributed by atoms with Gasteiger partial charge in [0.25, 0.3) is 0 Å². The summed E-state index contributed by atoms with van der Waals surface area (Å²) in [5.41, 5.74) is 0.436. The van der Waals surface area contributed by atoms with E-state index in [1.807, 2.05) is 13.0 Å². The topological polar surface area (TPSA) is 75.0 Å². The number of esters is 1. The number of furan rings is 1. The first-order valence-electron chi connectivity index (χ1n) is 7.96. The van der Waals surface area contributed by atoms with Crippen molar-refractivity contribution in [3.8, 4) is 11.5 Å². The van der Waals surface area contributed by atoms with Crippen LogP contribution in [0.4, 0.5) is 0 Å². The van der Waals surface area contributed by atoms with Crippen molar-refractivity contribution in [1.29, 1.82) is 0 Å². The van der Waals surface area contributed by atoms with Gasteiger partial charge >= 0.3 is 5.97 Å². The molecule has 2 heterocycles. The lowest BCUT2D eigenvalue weighted by molar-refractivity contribution is -0.150. The molecule has 3 rings (SSSR count). The van der Waals surface area contributed by atoms with Gasteiger partial charge in [-0.15, -0.1) is 0 Å². The smallest absolute Gasteiger partial charge is 0.347 e. The van der Waals surface area contributed by atoms with Crippen LogP contribution < -0.4 is 9.47 Å². The Kier molecular flexibility index (Phi) is 4.61. The van der Waals surface area contributed by atoms with E-state index in [-0.39, 0.29) is 18.1 Å². The molecule has 1 aliphatic heterocycles. The predicted octanol–water partition coefficient (Wildman–Crippen LogP) is 3.53. The van der Waals surface area contributed by atoms with E-state index in [4.69, 9.17) is 18.6 Å². The molecule has 1 aliphatic rings. The fraction of sp³-hybridized carbons (Fsp3) is 0.263. The number of Topliss-reactive ketones (excluding diaryl/α,β-unsaturated/α-hetero) is 1. The molecule has 0 spiro atoms. The van der Waals surface area contributed by atoms with Gasteiger partial charge in [-0.05, 0) is 45.0 Å². The number of carbonyl (C=O) groups excluding carboxylic acids is 2. The van der Waals surface area contributed by atoms with E-state index in [0.717, 1.165) is 5.76 Å². The highest BCUT2D eigenvalue weighted by molar-refractivity contribution is 6.14. The molecule has 6 nitrogen and oxygen atoms in total. The van der Waals surface area contributed by atoms with E-state index in [1.54, 1.807) is 44.2 Å². The Balaban J connectivity index is 1.77. The number of carbonyl (C=O) groups is 2. The van der Waals surface area contributed by atoms with Crippen LogP contribution in [0.2, 0.25) is 0 Å². The fourth-order valence-corrected chi connectivity index (χ4v) is 2.41. The van der Waals surface area contributed by atoms with Gasteiger partial charge in [-0.2, -0.15) is 0 Å². The molecule has 0 N–H and O–H groups in total. The van der Waals surface area contributed by atoms with Crippen molar-refractivity contribution in [3.63, 3.8) is 0 Å². The van der Waals surface area contributed by atoms with Crippen LogP contribution in [0.1, 0.15) is 35.7 Å². The van der Waals surface area contributed by atoms with Crippen molar-refractivity contribution in [1.82, 2.24) is 0 Å². The summed E-state index contributed by atoms with van der Waals surface area (Å²) in [6, 6.07) is 8.38. The molecule has 0 fully saturated rings. The average Bonchev–Trinajstić information content (AvgIpc) is 3.11. The van der Waals surface area contributed by atoms with Gasteiger partial charge < -0.3 is 18.6 Å². The van der Waals surface area contributed by atoms with Crippen LogP contribution in [0.15, 0.2) is 40.5 Å². The van der Waals surface area contributed by atoms with Crippen LogP contribution in [0.3, 0.4) is 0 Å². The van der Waals surface area contributed by atoms with Gasteiger partial charge in [-0.25, -0.2) is 4.79 Å². The minimum absolute atomic E-state index is 0.181. The minimum atomic E-state index is -0.754. The normalized spacial score (nSPS) is 15.6. The molecule has 0 aliphatic carbocycles. The molecule has 0 amide bonds. The van der Waals surface area contributed by atoms with Crippen molar-refractivity contribution in [3.05, 3.63) is 53.2 Å². The summed E-state index contributed by atoms with van der Waals surface area (Å²) in [6.07, 6.45) is 0.799. The highest BCUT2D eigenvalue weighted by atomic mass is 16.6. The number of hydrogen-bond donors (Lipinski definition) is 0. The number of benzene rings is 1. The third-order valence-electron chi connectivity index (χ3n) is 3.61. The first kappa shape index (κ1) is 16.8. The Labute approximate surface area is 145 Å². The first-order chi connectivity index (χ1) is 12.0. The Morgan fingerprint density at radius 3 is 2.76 bits per heavy atom. The molecule has 0 saturated carbocycles. The van der Waals surface area contributed by atoms with Gasteiger partial charge in [0.1, 0.15) is 23.0 Å². The van der Waals surface area contributed by atoms with Gasteiger partial charge in [-0.1, -0.05) is 0 Å². The van der Waals surface area contributed by atoms with Crippen LogP contribution in [-0.2, 0) is 9.53 Å². The van der Waals surface area contributed by atoms with Crippen LogP contribution in [0, 0.1) is 6.92 Å². The lowest BCUT2D eigenvalue weighted by atomic mass is 10.1. The molecule has 2 aromatic rings. The molecular formula is C19H18O6. The summed E-state index contributed by atoms with van der Waals surface area (Å²) < 4.78 is 21.5. The molecule has 0 saturated heterocycles. The summed E-state index contributed by atoms with van der Waals surface area (Å²) in [5.74, 6) is 1.59. The molecule has 130 valence electrons. The van der Waals surface area contributed by atoms with Crippen LogP contribution in [0.5, 0.6) is 11.5 Å². The Bertz CT molecular complexity index is 845. The van der Waals surface area contributed by atoms with Crippen LogP contribution in [0.25, 0.3) is 6.08 Å². The number of allylic oxidation sites excluding steroid dienone is 1. The van der Waals surface area contributed by atoms with Crippen molar-refractivity contribution >= 4 is 17.8 Å². The largest absolute Gasteiger partial charge is 0.479 e. The monoisotopic (exact) mass is 342 g/mol. The van der Waals surface area contributed by atoms with E-state index in [1.165, 1.54) is 0 Å². The molecule has 1 atom stereocenters. The van der Waals surface area contributed by atoms with Gasteiger partial charge in [-0.3, -0.25) is 4.79 Å². The maximum absolute atomic E-state index is 12.4. The lowest BCUT2D eigenvalue weighted by Gasteiger charge is -2.13. The van der Waals surface area contributed by atoms with E-state index in [2.05, 4.69) is 0 Å². The fourth-order valence-electron chi connectivity index (χ4n) is 2.41. The predicted molar refractivity (Wildman–Crippen MR) is 89.5 cm³/mol. The quantitative estimate of drug-likeness (QED) is 0.611. The molecule has 25 heavy (non-hydrogen) atoms. The Morgan fingerprint density at radius 2 is 2.08 bits per heavy atom. The molecule has 0 unspecified atom stereocenters. The second-order valence-electron chi connectivity index (χ2n) is 5.56. The lowest BCUT2D eigenvalue weighted by Crippen LogP contribution is -2.26. The number of ether oxygens (including phenoxy) is 3.